The highest BCUT2D eigenvalue weighted by Gasteiger charge is 2.51. The lowest BCUT2D eigenvalue weighted by Crippen LogP contribution is -2.44. The molecular formula is C19H21FN4O4. The van der Waals surface area contributed by atoms with Crippen molar-refractivity contribution in [3.63, 3.8) is 0 Å². The van der Waals surface area contributed by atoms with Crippen LogP contribution in [0.2, 0.25) is 0 Å². The Morgan fingerprint density at radius 3 is 2.89 bits per heavy atom. The van der Waals surface area contributed by atoms with Crippen LogP contribution in [0, 0.1) is 11.7 Å². The summed E-state index contributed by atoms with van der Waals surface area (Å²) in [6, 6.07) is 1.09. The van der Waals surface area contributed by atoms with Crippen molar-refractivity contribution in [3.8, 4) is 0 Å². The first-order valence-electron chi connectivity index (χ1n) is 9.52. The lowest BCUT2D eigenvalue weighted by molar-refractivity contribution is 0.0126. The molecule has 148 valence electrons. The molecule has 2 unspecified atom stereocenters. The number of carboxylic acid groups (broad SMARTS) is 1. The zero-order valence-electron chi connectivity index (χ0n) is 15.2. The summed E-state index contributed by atoms with van der Waals surface area (Å²) in [6.07, 6.45) is 2.51. The molecule has 2 atom stereocenters. The number of rotatable bonds is 4. The molecule has 1 saturated carbocycles. The number of hydrogen-bond acceptors (Lipinski definition) is 6. The van der Waals surface area contributed by atoms with Crippen molar-refractivity contribution in [2.75, 3.05) is 31.1 Å². The fraction of sp³-hybridized carbons (Fsp3) is 0.526. The van der Waals surface area contributed by atoms with Gasteiger partial charge in [0.15, 0.2) is 11.6 Å². The van der Waals surface area contributed by atoms with E-state index in [-0.39, 0.29) is 34.3 Å². The Balaban J connectivity index is 1.62. The molecule has 3 fully saturated rings. The minimum absolute atomic E-state index is 0.0126. The van der Waals surface area contributed by atoms with Gasteiger partial charge in [0.05, 0.1) is 11.9 Å². The van der Waals surface area contributed by atoms with Crippen LogP contribution >= 0.6 is 0 Å². The van der Waals surface area contributed by atoms with Crippen molar-refractivity contribution < 1.29 is 19.0 Å². The zero-order chi connectivity index (χ0) is 19.6. The first kappa shape index (κ1) is 17.6. The van der Waals surface area contributed by atoms with Gasteiger partial charge in [0.1, 0.15) is 16.8 Å². The third-order valence-electron chi connectivity index (χ3n) is 6.30. The molecular weight excluding hydrogens is 367 g/mol. The van der Waals surface area contributed by atoms with E-state index < -0.39 is 22.8 Å². The molecule has 3 aliphatic rings. The Hall–Kier alpha value is -2.52. The summed E-state index contributed by atoms with van der Waals surface area (Å²) in [6.45, 7) is 2.03. The first-order chi connectivity index (χ1) is 13.4. The van der Waals surface area contributed by atoms with Crippen LogP contribution in [-0.2, 0) is 4.74 Å². The number of anilines is 1. The minimum Gasteiger partial charge on any atom is -0.477 e. The van der Waals surface area contributed by atoms with E-state index in [0.29, 0.717) is 31.9 Å². The molecule has 0 amide bonds. The highest BCUT2D eigenvalue weighted by molar-refractivity contribution is 5.93. The number of carbonyl (C=O) groups is 1. The molecule has 0 aromatic carbocycles. The highest BCUT2D eigenvalue weighted by atomic mass is 19.1. The summed E-state index contributed by atoms with van der Waals surface area (Å²) < 4.78 is 20.8. The molecule has 28 heavy (non-hydrogen) atoms. The second kappa shape index (κ2) is 5.99. The van der Waals surface area contributed by atoms with Gasteiger partial charge >= 0.3 is 5.97 Å². The number of ether oxygens (including phenoxy) is 1. The van der Waals surface area contributed by atoms with Gasteiger partial charge in [-0.15, -0.1) is 0 Å². The van der Waals surface area contributed by atoms with Crippen LogP contribution in [0.25, 0.3) is 11.0 Å². The molecule has 2 aliphatic heterocycles. The van der Waals surface area contributed by atoms with Gasteiger partial charge in [0.2, 0.25) is 5.43 Å². The average Bonchev–Trinajstić information content (AvgIpc) is 3.33. The number of fused-ring (bicyclic) bond motifs is 2. The molecule has 2 saturated heterocycles. The fourth-order valence-corrected chi connectivity index (χ4v) is 4.63. The van der Waals surface area contributed by atoms with Gasteiger partial charge in [-0.3, -0.25) is 4.79 Å². The maximum atomic E-state index is 14.9. The maximum Gasteiger partial charge on any atom is 0.341 e. The topological polar surface area (TPSA) is 122 Å². The molecule has 0 radical (unpaired) electrons. The normalized spacial score (nSPS) is 26.8. The summed E-state index contributed by atoms with van der Waals surface area (Å²) in [4.78, 5) is 33.5. The monoisotopic (exact) mass is 388 g/mol. The number of aromatic nitrogens is 2. The van der Waals surface area contributed by atoms with Crippen molar-refractivity contribution in [3.05, 3.63) is 33.4 Å². The SMILES string of the molecule is NCC12CN(c3nc4[nH]c(C5CC5)c(C(=O)O)c(=O)c4cc3F)CC1CCO2. The molecule has 0 bridgehead atoms. The van der Waals surface area contributed by atoms with Crippen LogP contribution in [0.3, 0.4) is 0 Å². The quantitative estimate of drug-likeness (QED) is 0.719. The van der Waals surface area contributed by atoms with Crippen LogP contribution in [0.15, 0.2) is 10.9 Å². The summed E-state index contributed by atoms with van der Waals surface area (Å²) >= 11 is 0. The number of nitrogens with zero attached hydrogens (tertiary/aromatic N) is 2. The molecule has 8 nitrogen and oxygen atoms in total. The maximum absolute atomic E-state index is 14.9. The number of H-pyrrole nitrogens is 1. The van der Waals surface area contributed by atoms with Crippen LogP contribution in [0.4, 0.5) is 10.2 Å². The summed E-state index contributed by atoms with van der Waals surface area (Å²) in [5.74, 6) is -1.59. The van der Waals surface area contributed by atoms with Gasteiger partial charge in [-0.2, -0.15) is 0 Å². The van der Waals surface area contributed by atoms with Crippen LogP contribution < -0.4 is 16.1 Å². The lowest BCUT2D eigenvalue weighted by atomic mass is 9.91. The van der Waals surface area contributed by atoms with E-state index in [0.717, 1.165) is 25.3 Å². The zero-order valence-corrected chi connectivity index (χ0v) is 15.2. The van der Waals surface area contributed by atoms with E-state index in [9.17, 15) is 19.1 Å². The van der Waals surface area contributed by atoms with Gasteiger partial charge in [0.25, 0.3) is 0 Å². The van der Waals surface area contributed by atoms with Crippen LogP contribution in [0.1, 0.15) is 41.2 Å². The third kappa shape index (κ3) is 2.46. The van der Waals surface area contributed by atoms with Gasteiger partial charge < -0.3 is 25.5 Å². The van der Waals surface area contributed by atoms with Crippen molar-refractivity contribution in [1.82, 2.24) is 9.97 Å². The Morgan fingerprint density at radius 2 is 2.25 bits per heavy atom. The standard InChI is InChI=1S/C19H21FN4O4/c20-12-5-11-15(25)13(18(26)27)14(9-1-2-9)22-16(11)23-17(12)24-6-10-3-4-28-19(10,7-21)8-24/h5,9-10H,1-4,6-8,21H2,(H,26,27)(H,22,23,25). The fourth-order valence-electron chi connectivity index (χ4n) is 4.63. The Morgan fingerprint density at radius 1 is 1.46 bits per heavy atom. The number of nitrogens with one attached hydrogen (secondary N) is 1. The van der Waals surface area contributed by atoms with Gasteiger partial charge in [-0.1, -0.05) is 0 Å². The highest BCUT2D eigenvalue weighted by Crippen LogP contribution is 2.42. The first-order valence-corrected chi connectivity index (χ1v) is 9.52. The second-order valence-corrected chi connectivity index (χ2v) is 8.00. The third-order valence-corrected chi connectivity index (χ3v) is 6.30. The van der Waals surface area contributed by atoms with Gasteiger partial charge in [-0.25, -0.2) is 14.2 Å². The smallest absolute Gasteiger partial charge is 0.341 e. The number of nitrogens with two attached hydrogens (primary N) is 1. The number of aromatic amines is 1. The molecule has 0 spiro atoms. The van der Waals surface area contributed by atoms with Gasteiger partial charge in [-0.05, 0) is 25.3 Å². The summed E-state index contributed by atoms with van der Waals surface area (Å²) in [5.41, 5.74) is 5.05. The summed E-state index contributed by atoms with van der Waals surface area (Å²) in [5, 5.41) is 9.41. The Bertz CT molecular complexity index is 1050. The second-order valence-electron chi connectivity index (χ2n) is 8.00. The average molecular weight is 388 g/mol. The summed E-state index contributed by atoms with van der Waals surface area (Å²) in [7, 11) is 0. The van der Waals surface area contributed by atoms with Crippen LogP contribution in [0.5, 0.6) is 0 Å². The molecule has 2 aromatic heterocycles. The molecule has 4 N–H and O–H groups in total. The van der Waals surface area contributed by atoms with E-state index in [1.54, 1.807) is 0 Å². The van der Waals surface area contributed by atoms with Crippen molar-refractivity contribution in [1.29, 1.82) is 0 Å². The molecule has 9 heteroatoms. The van der Waals surface area contributed by atoms with Crippen molar-refractivity contribution >= 4 is 22.8 Å². The number of hydrogen-bond donors (Lipinski definition) is 3. The minimum atomic E-state index is -1.30. The van der Waals surface area contributed by atoms with E-state index in [1.807, 2.05) is 4.90 Å². The van der Waals surface area contributed by atoms with Crippen molar-refractivity contribution in [2.24, 2.45) is 11.7 Å². The number of pyridine rings is 2. The van der Waals surface area contributed by atoms with Crippen molar-refractivity contribution in [2.45, 2.75) is 30.8 Å². The number of aromatic carboxylic acids is 1. The molecule has 4 heterocycles. The van der Waals surface area contributed by atoms with Gasteiger partial charge in [0, 0.05) is 37.2 Å². The molecule has 1 aliphatic carbocycles. The Labute approximate surface area is 159 Å². The number of halogens is 1. The lowest BCUT2D eigenvalue weighted by Gasteiger charge is -2.26. The predicted molar refractivity (Wildman–Crippen MR) is 99.3 cm³/mol. The van der Waals surface area contributed by atoms with E-state index in [2.05, 4.69) is 9.97 Å². The largest absolute Gasteiger partial charge is 0.477 e. The van der Waals surface area contributed by atoms with E-state index >= 15 is 0 Å². The predicted octanol–water partition coefficient (Wildman–Crippen LogP) is 1.19. The van der Waals surface area contributed by atoms with E-state index in [4.69, 9.17) is 10.5 Å². The van der Waals surface area contributed by atoms with E-state index in [1.165, 1.54) is 0 Å². The number of carboxylic acids is 1. The molecule has 5 rings (SSSR count). The van der Waals surface area contributed by atoms with Crippen LogP contribution in [-0.4, -0.2) is 52.9 Å². The molecule has 2 aromatic rings. The Kier molecular flexibility index (Phi) is 3.76.